The molecule has 0 atom stereocenters. The lowest BCUT2D eigenvalue weighted by molar-refractivity contribution is 0.628. The highest BCUT2D eigenvalue weighted by atomic mass is 35.5. The van der Waals surface area contributed by atoms with Crippen molar-refractivity contribution in [3.8, 4) is 0 Å². The average Bonchev–Trinajstić information content (AvgIpc) is 3.09. The van der Waals surface area contributed by atoms with Crippen molar-refractivity contribution in [1.29, 1.82) is 0 Å². The van der Waals surface area contributed by atoms with Gasteiger partial charge >= 0.3 is 0 Å². The number of nitrogen functional groups attached to an aromatic ring is 1. The average molecular weight is 384 g/mol. The van der Waals surface area contributed by atoms with Crippen molar-refractivity contribution < 1.29 is 4.39 Å². The molecule has 0 aliphatic rings. The van der Waals surface area contributed by atoms with Crippen molar-refractivity contribution in [2.45, 2.75) is 0 Å². The van der Waals surface area contributed by atoms with E-state index in [0.29, 0.717) is 11.4 Å². The maximum absolute atomic E-state index is 14.8. The summed E-state index contributed by atoms with van der Waals surface area (Å²) in [4.78, 5) is 17.1. The highest BCUT2D eigenvalue weighted by Crippen LogP contribution is 2.32. The highest BCUT2D eigenvalue weighted by Gasteiger charge is 2.14. The van der Waals surface area contributed by atoms with E-state index in [2.05, 4.69) is 25.3 Å². The summed E-state index contributed by atoms with van der Waals surface area (Å²) in [6, 6.07) is 9.94. The van der Waals surface area contributed by atoms with E-state index in [4.69, 9.17) is 17.3 Å². The fourth-order valence-corrected chi connectivity index (χ4v) is 3.04. The van der Waals surface area contributed by atoms with Crippen LogP contribution in [0.5, 0.6) is 0 Å². The standard InChI is InChI=1S/C18H15ClFN7/c1-27(13-5-7-23-17-11(13)4-6-22-17)14-3-2-10(8-12(14)20)24-18-25-15(19)9-16(21)26-18/h2-9H,1H3,(H,22,23)(H3,21,24,25,26). The van der Waals surface area contributed by atoms with Gasteiger partial charge in [0.25, 0.3) is 0 Å². The Balaban J connectivity index is 1.64. The third kappa shape index (κ3) is 3.34. The first-order chi connectivity index (χ1) is 13.0. The fourth-order valence-electron chi connectivity index (χ4n) is 2.85. The molecule has 0 bridgehead atoms. The van der Waals surface area contributed by atoms with E-state index < -0.39 is 5.82 Å². The van der Waals surface area contributed by atoms with E-state index in [0.717, 1.165) is 16.7 Å². The molecule has 0 aliphatic heterocycles. The number of nitrogens with zero attached hydrogens (tertiary/aromatic N) is 4. The minimum absolute atomic E-state index is 0.198. The Morgan fingerprint density at radius 3 is 2.78 bits per heavy atom. The molecule has 0 fully saturated rings. The predicted octanol–water partition coefficient (Wildman–Crippen LogP) is 4.24. The summed E-state index contributed by atoms with van der Waals surface area (Å²) in [5.41, 5.74) is 8.12. The molecule has 27 heavy (non-hydrogen) atoms. The first kappa shape index (κ1) is 17.0. The van der Waals surface area contributed by atoms with E-state index >= 15 is 0 Å². The number of nitrogens with one attached hydrogen (secondary N) is 2. The summed E-state index contributed by atoms with van der Waals surface area (Å²) in [6.45, 7) is 0. The first-order valence-corrected chi connectivity index (χ1v) is 8.41. The second-order valence-electron chi connectivity index (χ2n) is 5.86. The number of fused-ring (bicyclic) bond motifs is 1. The number of aromatic nitrogens is 4. The predicted molar refractivity (Wildman–Crippen MR) is 105 cm³/mol. The van der Waals surface area contributed by atoms with Crippen LogP contribution in [0.2, 0.25) is 5.15 Å². The number of benzene rings is 1. The molecule has 0 unspecified atom stereocenters. The molecular formula is C18H15ClFN7. The van der Waals surface area contributed by atoms with E-state index in [9.17, 15) is 4.39 Å². The molecule has 4 rings (SSSR count). The number of H-pyrrole nitrogens is 1. The van der Waals surface area contributed by atoms with Crippen LogP contribution in [-0.2, 0) is 0 Å². The first-order valence-electron chi connectivity index (χ1n) is 8.04. The van der Waals surface area contributed by atoms with Gasteiger partial charge in [0.1, 0.15) is 22.4 Å². The Labute approximate surface area is 159 Å². The van der Waals surface area contributed by atoms with E-state index in [1.807, 2.05) is 12.1 Å². The highest BCUT2D eigenvalue weighted by molar-refractivity contribution is 6.29. The fraction of sp³-hybridized carbons (Fsp3) is 0.0556. The van der Waals surface area contributed by atoms with Gasteiger partial charge in [0.2, 0.25) is 5.95 Å². The molecule has 9 heteroatoms. The van der Waals surface area contributed by atoms with Crippen molar-refractivity contribution in [1.82, 2.24) is 19.9 Å². The van der Waals surface area contributed by atoms with Crippen molar-refractivity contribution in [3.63, 3.8) is 0 Å². The maximum Gasteiger partial charge on any atom is 0.230 e. The van der Waals surface area contributed by atoms with Crippen LogP contribution in [0.4, 0.5) is 33.2 Å². The number of nitrogens with two attached hydrogens (primary N) is 1. The van der Waals surface area contributed by atoms with Crippen molar-refractivity contribution in [3.05, 3.63) is 59.8 Å². The molecule has 0 saturated heterocycles. The van der Waals surface area contributed by atoms with Crippen molar-refractivity contribution in [2.24, 2.45) is 0 Å². The topological polar surface area (TPSA) is 95.8 Å². The Bertz CT molecular complexity index is 1110. The quantitative estimate of drug-likeness (QED) is 0.456. The second-order valence-corrected chi connectivity index (χ2v) is 6.25. The maximum atomic E-state index is 14.8. The summed E-state index contributed by atoms with van der Waals surface area (Å²) in [7, 11) is 1.80. The van der Waals surface area contributed by atoms with E-state index in [1.54, 1.807) is 36.5 Å². The van der Waals surface area contributed by atoms with Gasteiger partial charge in [0.05, 0.1) is 11.4 Å². The lowest BCUT2D eigenvalue weighted by atomic mass is 10.2. The van der Waals surface area contributed by atoms with Gasteiger partial charge in [-0.2, -0.15) is 4.98 Å². The number of hydrogen-bond acceptors (Lipinski definition) is 6. The summed E-state index contributed by atoms with van der Waals surface area (Å²) < 4.78 is 14.8. The molecule has 0 aliphatic carbocycles. The number of halogens is 2. The van der Waals surface area contributed by atoms with Gasteiger partial charge in [-0.3, -0.25) is 0 Å². The van der Waals surface area contributed by atoms with Gasteiger partial charge in [-0.25, -0.2) is 14.4 Å². The molecule has 0 spiro atoms. The van der Waals surface area contributed by atoms with Gasteiger partial charge < -0.3 is 20.9 Å². The zero-order valence-electron chi connectivity index (χ0n) is 14.2. The molecule has 7 nitrogen and oxygen atoms in total. The van der Waals surface area contributed by atoms with Crippen LogP contribution in [0, 0.1) is 5.82 Å². The monoisotopic (exact) mass is 383 g/mol. The molecule has 4 aromatic rings. The minimum atomic E-state index is -0.405. The van der Waals surface area contributed by atoms with Gasteiger partial charge in [0, 0.05) is 36.6 Å². The lowest BCUT2D eigenvalue weighted by Gasteiger charge is -2.21. The van der Waals surface area contributed by atoms with Crippen molar-refractivity contribution >= 4 is 51.5 Å². The third-order valence-corrected chi connectivity index (χ3v) is 4.27. The van der Waals surface area contributed by atoms with Crippen LogP contribution < -0.4 is 16.0 Å². The molecule has 3 heterocycles. The minimum Gasteiger partial charge on any atom is -0.383 e. The summed E-state index contributed by atoms with van der Waals surface area (Å²) in [5, 5.41) is 4.01. The van der Waals surface area contributed by atoms with E-state index in [1.165, 1.54) is 12.1 Å². The van der Waals surface area contributed by atoms with Gasteiger partial charge in [-0.05, 0) is 30.3 Å². The molecule has 3 aromatic heterocycles. The molecule has 136 valence electrons. The van der Waals surface area contributed by atoms with Gasteiger partial charge in [-0.1, -0.05) is 11.6 Å². The lowest BCUT2D eigenvalue weighted by Crippen LogP contribution is -2.12. The number of anilines is 5. The number of aromatic amines is 1. The second kappa shape index (κ2) is 6.73. The van der Waals surface area contributed by atoms with Crippen LogP contribution in [0.3, 0.4) is 0 Å². The largest absolute Gasteiger partial charge is 0.383 e. The Morgan fingerprint density at radius 2 is 2.00 bits per heavy atom. The zero-order valence-corrected chi connectivity index (χ0v) is 15.0. The van der Waals surface area contributed by atoms with E-state index in [-0.39, 0.29) is 16.9 Å². The number of pyridine rings is 1. The molecule has 0 saturated carbocycles. The smallest absolute Gasteiger partial charge is 0.230 e. The molecule has 4 N–H and O–H groups in total. The Hall–Kier alpha value is -3.39. The van der Waals surface area contributed by atoms with Crippen LogP contribution in [0.1, 0.15) is 0 Å². The summed E-state index contributed by atoms with van der Waals surface area (Å²) in [6.07, 6.45) is 3.48. The van der Waals surface area contributed by atoms with Gasteiger partial charge in [-0.15, -0.1) is 0 Å². The summed E-state index contributed by atoms with van der Waals surface area (Å²) in [5.74, 6) is 0.0178. The molecule has 0 amide bonds. The molecule has 1 aromatic carbocycles. The Morgan fingerprint density at radius 1 is 1.15 bits per heavy atom. The van der Waals surface area contributed by atoms with Crippen LogP contribution in [0.15, 0.2) is 48.8 Å². The normalized spacial score (nSPS) is 10.9. The number of rotatable bonds is 4. The summed E-state index contributed by atoms with van der Waals surface area (Å²) >= 11 is 5.86. The SMILES string of the molecule is CN(c1ccc(Nc2nc(N)cc(Cl)n2)cc1F)c1ccnc2[nH]ccc12. The van der Waals surface area contributed by atoms with Crippen molar-refractivity contribution in [2.75, 3.05) is 23.0 Å². The third-order valence-electron chi connectivity index (χ3n) is 4.08. The van der Waals surface area contributed by atoms with Crippen LogP contribution >= 0.6 is 11.6 Å². The Kier molecular flexibility index (Phi) is 4.25. The zero-order chi connectivity index (χ0) is 19.0. The van der Waals surface area contributed by atoms with Crippen LogP contribution in [0.25, 0.3) is 11.0 Å². The van der Waals surface area contributed by atoms with Gasteiger partial charge in [0.15, 0.2) is 0 Å². The number of hydrogen-bond donors (Lipinski definition) is 3. The molecular weight excluding hydrogens is 369 g/mol. The van der Waals surface area contributed by atoms with Crippen LogP contribution in [-0.4, -0.2) is 27.0 Å². The molecule has 0 radical (unpaired) electrons.